The van der Waals surface area contributed by atoms with Crippen LogP contribution in [0.4, 0.5) is 10.5 Å². The number of nitrogens with zero attached hydrogens (tertiary/aromatic N) is 3. The number of carbonyl (C=O) groups is 4. The molecule has 0 bridgehead atoms. The second-order valence-corrected chi connectivity index (χ2v) is 12.1. The molecule has 5 rings (SSSR count). The van der Waals surface area contributed by atoms with Gasteiger partial charge in [0.2, 0.25) is 11.8 Å². The first-order chi connectivity index (χ1) is 16.4. The van der Waals surface area contributed by atoms with Crippen molar-refractivity contribution >= 4 is 61.3 Å². The second kappa shape index (κ2) is 8.00. The first-order valence-electron chi connectivity index (χ1n) is 11.5. The molecule has 9 heteroatoms. The number of benzene rings is 2. The number of fused-ring (bicyclic) bond motifs is 3. The van der Waals surface area contributed by atoms with Gasteiger partial charge in [-0.05, 0) is 63.1 Å². The summed E-state index contributed by atoms with van der Waals surface area (Å²) < 4.78 is 1.57. The van der Waals surface area contributed by atoms with Crippen molar-refractivity contribution in [1.82, 2.24) is 9.80 Å². The zero-order valence-corrected chi connectivity index (χ0v) is 23.0. The van der Waals surface area contributed by atoms with Gasteiger partial charge in [0.25, 0.3) is 5.91 Å². The van der Waals surface area contributed by atoms with Crippen LogP contribution in [0.5, 0.6) is 0 Å². The Bertz CT molecular complexity index is 1270. The Morgan fingerprint density at radius 2 is 1.57 bits per heavy atom. The van der Waals surface area contributed by atoms with E-state index in [2.05, 4.69) is 31.9 Å². The van der Waals surface area contributed by atoms with Crippen LogP contribution in [0.15, 0.2) is 57.5 Å². The van der Waals surface area contributed by atoms with E-state index in [1.807, 2.05) is 51.1 Å². The van der Waals surface area contributed by atoms with Crippen LogP contribution in [0.25, 0.3) is 0 Å². The number of amides is 5. The number of hydrogen-bond acceptors (Lipinski definition) is 4. The average Bonchev–Trinajstić information content (AvgIpc) is 3.32. The average molecular weight is 603 g/mol. The van der Waals surface area contributed by atoms with Crippen LogP contribution >= 0.6 is 31.9 Å². The number of carbonyl (C=O) groups excluding carboxylic acids is 4. The molecular formula is C26H25Br2N3O4. The van der Waals surface area contributed by atoms with E-state index in [0.717, 1.165) is 13.8 Å². The summed E-state index contributed by atoms with van der Waals surface area (Å²) in [5, 5.41) is 0. The standard InChI is InChI=1S/C26H25Br2N3O4/c1-5-26-19-18(21(32)31(22(19)33)25(2,3)4)20(14-9-11-15(27)12-10-14)30(26)24(35)29(23(26)34)17-8-6-7-16(28)13-17/h6-13,18-20H,5H2,1-4H3/t18-,19-,20-,26-/m1/s1. The number of imide groups is 2. The Morgan fingerprint density at radius 1 is 0.914 bits per heavy atom. The minimum Gasteiger partial charge on any atom is -0.300 e. The van der Waals surface area contributed by atoms with Gasteiger partial charge in [0.05, 0.1) is 23.6 Å². The topological polar surface area (TPSA) is 78.0 Å². The molecule has 2 aromatic carbocycles. The van der Waals surface area contributed by atoms with Gasteiger partial charge in [-0.3, -0.25) is 19.3 Å². The van der Waals surface area contributed by atoms with Gasteiger partial charge in [0.15, 0.2) is 0 Å². The normalized spacial score (nSPS) is 28.3. The summed E-state index contributed by atoms with van der Waals surface area (Å²) in [6.45, 7) is 7.24. The van der Waals surface area contributed by atoms with Crippen LogP contribution in [-0.4, -0.2) is 44.6 Å². The molecule has 3 fully saturated rings. The second-order valence-electron chi connectivity index (χ2n) is 10.2. The molecule has 0 N–H and O–H groups in total. The van der Waals surface area contributed by atoms with Gasteiger partial charge in [0.1, 0.15) is 5.54 Å². The molecule has 2 aromatic rings. The predicted octanol–water partition coefficient (Wildman–Crippen LogP) is 5.28. The summed E-state index contributed by atoms with van der Waals surface area (Å²) in [4.78, 5) is 59.9. The van der Waals surface area contributed by atoms with E-state index < -0.39 is 46.8 Å². The largest absolute Gasteiger partial charge is 0.332 e. The Labute approximate surface area is 220 Å². The highest BCUT2D eigenvalue weighted by atomic mass is 79.9. The molecule has 0 aliphatic carbocycles. The molecule has 0 unspecified atom stereocenters. The van der Waals surface area contributed by atoms with Gasteiger partial charge in [0, 0.05) is 14.5 Å². The summed E-state index contributed by atoms with van der Waals surface area (Å²) in [6.07, 6.45) is 0.216. The minimum absolute atomic E-state index is 0.216. The molecule has 35 heavy (non-hydrogen) atoms. The third-order valence-electron chi connectivity index (χ3n) is 7.37. The van der Waals surface area contributed by atoms with Gasteiger partial charge in [-0.15, -0.1) is 0 Å². The van der Waals surface area contributed by atoms with E-state index in [4.69, 9.17) is 0 Å². The Kier molecular flexibility index (Phi) is 5.53. The summed E-state index contributed by atoms with van der Waals surface area (Å²) >= 11 is 6.86. The van der Waals surface area contributed by atoms with Crippen molar-refractivity contribution in [3.63, 3.8) is 0 Å². The third kappa shape index (κ3) is 3.20. The van der Waals surface area contributed by atoms with E-state index in [1.54, 1.807) is 25.1 Å². The molecule has 5 amide bonds. The molecule has 0 saturated carbocycles. The SMILES string of the molecule is CC[C@@]12C(=O)N(c3cccc(Br)c3)C(=O)N1[C@H](c1ccc(Br)cc1)[C@@H]1C(=O)N(C(C)(C)C)C(=O)[C@@H]12. The third-order valence-corrected chi connectivity index (χ3v) is 8.39. The Hall–Kier alpha value is -2.52. The molecule has 182 valence electrons. The summed E-state index contributed by atoms with van der Waals surface area (Å²) in [6, 6.07) is 13.1. The van der Waals surface area contributed by atoms with E-state index in [-0.39, 0.29) is 12.3 Å². The summed E-state index contributed by atoms with van der Waals surface area (Å²) in [5.41, 5.74) is -1.06. The van der Waals surface area contributed by atoms with Crippen LogP contribution < -0.4 is 4.90 Å². The fourth-order valence-corrected chi connectivity index (χ4v) is 6.70. The molecule has 3 aliphatic rings. The lowest BCUT2D eigenvalue weighted by Gasteiger charge is -2.37. The monoisotopic (exact) mass is 601 g/mol. The highest BCUT2D eigenvalue weighted by Crippen LogP contribution is 2.60. The number of hydrogen-bond donors (Lipinski definition) is 0. The maximum atomic E-state index is 14.2. The fraction of sp³-hybridized carbons (Fsp3) is 0.385. The van der Waals surface area contributed by atoms with Crippen molar-refractivity contribution in [2.45, 2.75) is 51.2 Å². The molecular weight excluding hydrogens is 578 g/mol. The highest BCUT2D eigenvalue weighted by Gasteiger charge is 2.77. The van der Waals surface area contributed by atoms with E-state index >= 15 is 0 Å². The van der Waals surface area contributed by atoms with Crippen molar-refractivity contribution < 1.29 is 19.2 Å². The minimum atomic E-state index is -1.45. The molecule has 3 heterocycles. The van der Waals surface area contributed by atoms with Crippen LogP contribution in [0.2, 0.25) is 0 Å². The van der Waals surface area contributed by atoms with Crippen molar-refractivity contribution in [2.24, 2.45) is 11.8 Å². The number of anilines is 1. The van der Waals surface area contributed by atoms with Crippen LogP contribution in [-0.2, 0) is 14.4 Å². The molecule has 0 radical (unpaired) electrons. The van der Waals surface area contributed by atoms with Gasteiger partial charge in [-0.2, -0.15) is 0 Å². The lowest BCUT2D eigenvalue weighted by atomic mass is 9.77. The molecule has 4 atom stereocenters. The highest BCUT2D eigenvalue weighted by molar-refractivity contribution is 9.10. The molecule has 0 aromatic heterocycles. The number of likely N-dealkylation sites (tertiary alicyclic amines) is 1. The quantitative estimate of drug-likeness (QED) is 0.354. The molecule has 0 spiro atoms. The van der Waals surface area contributed by atoms with E-state index in [9.17, 15) is 19.2 Å². The number of rotatable bonds is 3. The zero-order chi connectivity index (χ0) is 25.4. The van der Waals surface area contributed by atoms with Crippen molar-refractivity contribution in [3.05, 3.63) is 63.0 Å². The first kappa shape index (κ1) is 24.2. The molecule has 3 saturated heterocycles. The Balaban J connectivity index is 1.75. The summed E-state index contributed by atoms with van der Waals surface area (Å²) in [5.74, 6) is -2.98. The molecule has 3 aliphatic heterocycles. The maximum absolute atomic E-state index is 14.2. The van der Waals surface area contributed by atoms with Gasteiger partial charge in [-0.1, -0.05) is 57.0 Å². The lowest BCUT2D eigenvalue weighted by molar-refractivity contribution is -0.149. The lowest BCUT2D eigenvalue weighted by Crippen LogP contribution is -2.55. The predicted molar refractivity (Wildman–Crippen MR) is 137 cm³/mol. The van der Waals surface area contributed by atoms with Gasteiger partial charge in [-0.25, -0.2) is 9.69 Å². The van der Waals surface area contributed by atoms with E-state index in [1.165, 1.54) is 9.80 Å². The van der Waals surface area contributed by atoms with Crippen molar-refractivity contribution in [2.75, 3.05) is 4.90 Å². The molecule has 7 nitrogen and oxygen atoms in total. The van der Waals surface area contributed by atoms with Crippen molar-refractivity contribution in [1.29, 1.82) is 0 Å². The van der Waals surface area contributed by atoms with E-state index in [0.29, 0.717) is 11.3 Å². The Morgan fingerprint density at radius 3 is 2.14 bits per heavy atom. The summed E-state index contributed by atoms with van der Waals surface area (Å²) in [7, 11) is 0. The van der Waals surface area contributed by atoms with Crippen molar-refractivity contribution in [3.8, 4) is 0 Å². The van der Waals surface area contributed by atoms with Gasteiger partial charge >= 0.3 is 6.03 Å². The zero-order valence-electron chi connectivity index (χ0n) is 19.8. The number of halogens is 2. The van der Waals surface area contributed by atoms with Crippen LogP contribution in [0.3, 0.4) is 0 Å². The van der Waals surface area contributed by atoms with Gasteiger partial charge < -0.3 is 4.90 Å². The van der Waals surface area contributed by atoms with Crippen LogP contribution in [0.1, 0.15) is 45.7 Å². The van der Waals surface area contributed by atoms with Crippen LogP contribution in [0, 0.1) is 11.8 Å². The maximum Gasteiger partial charge on any atom is 0.332 e. The fourth-order valence-electron chi connectivity index (χ4n) is 6.05. The smallest absolute Gasteiger partial charge is 0.300 e. The first-order valence-corrected chi connectivity index (χ1v) is 13.1. The number of urea groups is 1.